The van der Waals surface area contributed by atoms with E-state index in [9.17, 15) is 13.2 Å². The number of thiazole rings is 1. The Morgan fingerprint density at radius 3 is 2.66 bits per heavy atom. The van der Waals surface area contributed by atoms with Gasteiger partial charge in [0.2, 0.25) is 0 Å². The fourth-order valence-electron chi connectivity index (χ4n) is 2.43. The molecule has 0 aliphatic rings. The second-order valence-corrected chi connectivity index (χ2v) is 8.21. The molecule has 1 aromatic carbocycles. The van der Waals surface area contributed by atoms with Gasteiger partial charge in [0.05, 0.1) is 11.3 Å². The molecule has 0 spiro atoms. The third kappa shape index (κ3) is 4.82. The normalized spacial score (nSPS) is 11.9. The monoisotopic (exact) mass is 456 g/mol. The average molecular weight is 457 g/mol. The first kappa shape index (κ1) is 20.0. The highest BCUT2D eigenvalue weighted by Crippen LogP contribution is 2.30. The third-order valence-corrected chi connectivity index (χ3v) is 5.92. The zero-order chi connectivity index (χ0) is 20.4. The van der Waals surface area contributed by atoms with E-state index < -0.39 is 11.7 Å². The van der Waals surface area contributed by atoms with Crippen LogP contribution in [0.1, 0.15) is 16.3 Å². The van der Waals surface area contributed by atoms with Crippen molar-refractivity contribution in [1.29, 1.82) is 0 Å². The number of benzene rings is 1. The highest BCUT2D eigenvalue weighted by Gasteiger charge is 2.31. The molecule has 29 heavy (non-hydrogen) atoms. The fraction of sp³-hybridized carbons (Fsp3) is 0.167. The van der Waals surface area contributed by atoms with E-state index in [4.69, 9.17) is 16.3 Å². The van der Waals surface area contributed by atoms with Crippen molar-refractivity contribution < 1.29 is 17.9 Å². The van der Waals surface area contributed by atoms with Crippen LogP contribution >= 0.6 is 34.7 Å². The first-order chi connectivity index (χ1) is 13.9. The smallest absolute Gasteiger partial charge is 0.417 e. The molecular formula is C18H12ClF3N4OS2. The molecule has 0 saturated heterocycles. The molecule has 3 heterocycles. The SMILES string of the molecule is FC(F)(F)c1ccc2nnc(SCc3csc(COc4ccc(Cl)cc4)n3)n2c1. The molecule has 3 aromatic heterocycles. The van der Waals surface area contributed by atoms with Gasteiger partial charge in [-0.15, -0.1) is 21.5 Å². The third-order valence-electron chi connectivity index (χ3n) is 3.82. The van der Waals surface area contributed by atoms with Crippen molar-refractivity contribution >= 4 is 40.3 Å². The number of ether oxygens (including phenoxy) is 1. The summed E-state index contributed by atoms with van der Waals surface area (Å²) >= 11 is 8.56. The van der Waals surface area contributed by atoms with Crippen LogP contribution in [0.4, 0.5) is 13.2 Å². The van der Waals surface area contributed by atoms with Crippen LogP contribution in [0.25, 0.3) is 5.65 Å². The van der Waals surface area contributed by atoms with Gasteiger partial charge in [0.25, 0.3) is 0 Å². The largest absolute Gasteiger partial charge is 0.486 e. The summed E-state index contributed by atoms with van der Waals surface area (Å²) in [7, 11) is 0. The van der Waals surface area contributed by atoms with E-state index >= 15 is 0 Å². The number of hydrogen-bond donors (Lipinski definition) is 0. The number of nitrogens with zero attached hydrogens (tertiary/aromatic N) is 4. The Balaban J connectivity index is 1.40. The van der Waals surface area contributed by atoms with E-state index in [1.165, 1.54) is 33.6 Å². The van der Waals surface area contributed by atoms with E-state index in [-0.39, 0.29) is 0 Å². The second kappa shape index (κ2) is 8.21. The van der Waals surface area contributed by atoms with Crippen molar-refractivity contribution in [2.45, 2.75) is 23.7 Å². The van der Waals surface area contributed by atoms with Gasteiger partial charge in [0.1, 0.15) is 17.4 Å². The molecule has 0 saturated carbocycles. The maximum absolute atomic E-state index is 12.9. The Bertz CT molecular complexity index is 1130. The van der Waals surface area contributed by atoms with Crippen LogP contribution in [0.2, 0.25) is 5.02 Å². The minimum atomic E-state index is -4.42. The highest BCUT2D eigenvalue weighted by molar-refractivity contribution is 7.98. The zero-order valence-corrected chi connectivity index (χ0v) is 16.9. The lowest BCUT2D eigenvalue weighted by Gasteiger charge is -2.07. The molecule has 11 heteroatoms. The lowest BCUT2D eigenvalue weighted by atomic mass is 10.3. The van der Waals surface area contributed by atoms with Crippen LogP contribution in [0.3, 0.4) is 0 Å². The zero-order valence-electron chi connectivity index (χ0n) is 14.6. The standard InChI is InChI=1S/C18H12ClF3N4OS2/c19-12-2-4-14(5-3-12)27-8-16-23-13(9-28-16)10-29-17-25-24-15-6-1-11(7-26(15)17)18(20,21)22/h1-7,9H,8,10H2. The number of aromatic nitrogens is 4. The molecule has 0 unspecified atom stereocenters. The predicted octanol–water partition coefficient (Wildman–Crippen LogP) is 5.73. The Kier molecular flexibility index (Phi) is 5.66. The van der Waals surface area contributed by atoms with Gasteiger partial charge >= 0.3 is 6.18 Å². The Hall–Kier alpha value is -2.30. The number of rotatable bonds is 6. The molecular weight excluding hydrogens is 445 g/mol. The van der Waals surface area contributed by atoms with Gasteiger partial charge in [0.15, 0.2) is 10.8 Å². The topological polar surface area (TPSA) is 52.3 Å². The number of hydrogen-bond acceptors (Lipinski definition) is 6. The van der Waals surface area contributed by atoms with Crippen LogP contribution < -0.4 is 4.74 Å². The molecule has 4 rings (SSSR count). The quantitative estimate of drug-likeness (QED) is 0.347. The van der Waals surface area contributed by atoms with E-state index in [2.05, 4.69) is 15.2 Å². The van der Waals surface area contributed by atoms with Gasteiger partial charge in [-0.05, 0) is 36.4 Å². The van der Waals surface area contributed by atoms with E-state index in [1.807, 2.05) is 5.38 Å². The molecule has 0 amide bonds. The Morgan fingerprint density at radius 2 is 1.90 bits per heavy atom. The molecule has 0 atom stereocenters. The van der Waals surface area contributed by atoms with Gasteiger partial charge in [-0.3, -0.25) is 4.40 Å². The van der Waals surface area contributed by atoms with Gasteiger partial charge < -0.3 is 4.74 Å². The summed E-state index contributed by atoms with van der Waals surface area (Å²) in [6, 6.07) is 9.33. The molecule has 0 radical (unpaired) electrons. The molecule has 150 valence electrons. The minimum Gasteiger partial charge on any atom is -0.486 e. The van der Waals surface area contributed by atoms with Crippen molar-refractivity contribution in [3.05, 3.63) is 69.3 Å². The first-order valence-corrected chi connectivity index (χ1v) is 10.5. The van der Waals surface area contributed by atoms with Crippen molar-refractivity contribution in [3.63, 3.8) is 0 Å². The molecule has 0 aliphatic heterocycles. The maximum atomic E-state index is 12.9. The number of halogens is 4. The fourth-order valence-corrected chi connectivity index (χ4v) is 4.18. The van der Waals surface area contributed by atoms with E-state index in [0.29, 0.717) is 33.9 Å². The summed E-state index contributed by atoms with van der Waals surface area (Å²) < 4.78 is 45.8. The van der Waals surface area contributed by atoms with Gasteiger partial charge in [-0.2, -0.15) is 13.2 Å². The van der Waals surface area contributed by atoms with Crippen LogP contribution in [-0.4, -0.2) is 19.6 Å². The molecule has 0 bridgehead atoms. The van der Waals surface area contributed by atoms with E-state index in [1.54, 1.807) is 24.3 Å². The molecule has 0 N–H and O–H groups in total. The first-order valence-electron chi connectivity index (χ1n) is 8.25. The van der Waals surface area contributed by atoms with Crippen LogP contribution in [0.15, 0.2) is 53.1 Å². The summed E-state index contributed by atoms with van der Waals surface area (Å²) in [5.41, 5.74) is 0.399. The van der Waals surface area contributed by atoms with Gasteiger partial charge in [-0.25, -0.2) is 4.98 Å². The average Bonchev–Trinajstić information content (AvgIpc) is 3.31. The molecule has 4 aromatic rings. The maximum Gasteiger partial charge on any atom is 0.417 e. The van der Waals surface area contributed by atoms with Crippen LogP contribution in [-0.2, 0) is 18.5 Å². The predicted molar refractivity (Wildman–Crippen MR) is 105 cm³/mol. The summed E-state index contributed by atoms with van der Waals surface area (Å²) in [5.74, 6) is 1.14. The van der Waals surface area contributed by atoms with E-state index in [0.717, 1.165) is 23.0 Å². The van der Waals surface area contributed by atoms with Crippen molar-refractivity contribution in [2.24, 2.45) is 0 Å². The molecule has 0 fully saturated rings. The summed E-state index contributed by atoms with van der Waals surface area (Å²) in [6.45, 7) is 0.319. The van der Waals surface area contributed by atoms with Crippen LogP contribution in [0, 0.1) is 0 Å². The lowest BCUT2D eigenvalue weighted by Crippen LogP contribution is -2.06. The summed E-state index contributed by atoms with van der Waals surface area (Å²) in [5, 5.41) is 11.6. The Morgan fingerprint density at radius 1 is 1.10 bits per heavy atom. The number of pyridine rings is 1. The number of thioether (sulfide) groups is 1. The van der Waals surface area contributed by atoms with Crippen molar-refractivity contribution in [2.75, 3.05) is 0 Å². The molecule has 5 nitrogen and oxygen atoms in total. The minimum absolute atomic E-state index is 0.319. The summed E-state index contributed by atoms with van der Waals surface area (Å²) in [6.07, 6.45) is -3.42. The van der Waals surface area contributed by atoms with Gasteiger partial charge in [-0.1, -0.05) is 23.4 Å². The highest BCUT2D eigenvalue weighted by atomic mass is 35.5. The number of alkyl halides is 3. The Labute approximate surface area is 176 Å². The van der Waals surface area contributed by atoms with Crippen LogP contribution in [0.5, 0.6) is 5.75 Å². The number of fused-ring (bicyclic) bond motifs is 1. The van der Waals surface area contributed by atoms with Gasteiger partial charge in [0, 0.05) is 22.4 Å². The lowest BCUT2D eigenvalue weighted by molar-refractivity contribution is -0.137. The summed E-state index contributed by atoms with van der Waals surface area (Å²) in [4.78, 5) is 4.49. The van der Waals surface area contributed by atoms with Crippen molar-refractivity contribution in [3.8, 4) is 5.75 Å². The van der Waals surface area contributed by atoms with Crippen molar-refractivity contribution in [1.82, 2.24) is 19.6 Å². The second-order valence-electron chi connectivity index (χ2n) is 5.89. The molecule has 0 aliphatic carbocycles.